The van der Waals surface area contributed by atoms with E-state index >= 15 is 0 Å². The number of allylic oxidation sites excluding steroid dienone is 1. The van der Waals surface area contributed by atoms with Gasteiger partial charge in [-0.1, -0.05) is 12.0 Å². The molecule has 0 bridgehead atoms. The van der Waals surface area contributed by atoms with Crippen molar-refractivity contribution in [1.29, 1.82) is 0 Å². The Bertz CT molecular complexity index is 857. The van der Waals surface area contributed by atoms with Gasteiger partial charge in [0.05, 0.1) is 12.5 Å². The molecule has 9 heteroatoms. The van der Waals surface area contributed by atoms with Gasteiger partial charge < -0.3 is 24.6 Å². The Balaban J connectivity index is 1.80. The highest BCUT2D eigenvalue weighted by Crippen LogP contribution is 2.22. The van der Waals surface area contributed by atoms with Crippen LogP contribution in [0.15, 0.2) is 12.2 Å². The topological polar surface area (TPSA) is 105 Å². The maximum absolute atomic E-state index is 12.7. The number of hydrogen-bond donors (Lipinski definition) is 1. The summed E-state index contributed by atoms with van der Waals surface area (Å²) in [7, 11) is 0. The molecule has 0 spiro atoms. The highest BCUT2D eigenvalue weighted by Gasteiger charge is 2.29. The molecule has 2 saturated heterocycles. The molecule has 0 radical (unpaired) electrons. The first-order chi connectivity index (χ1) is 17.0. The molecule has 0 aromatic carbocycles. The van der Waals surface area contributed by atoms with Crippen LogP contribution >= 0.6 is 0 Å². The van der Waals surface area contributed by atoms with E-state index in [0.717, 1.165) is 19.3 Å². The lowest BCUT2D eigenvalue weighted by Gasteiger charge is -2.34. The number of nitrogens with one attached hydrogen (secondary N) is 1. The van der Waals surface area contributed by atoms with Crippen molar-refractivity contribution in [2.75, 3.05) is 39.3 Å². The van der Waals surface area contributed by atoms with E-state index in [-0.39, 0.29) is 42.9 Å². The summed E-state index contributed by atoms with van der Waals surface area (Å²) in [5, 5.41) is 2.73. The molecule has 0 aromatic rings. The molecular weight excluding hydrogens is 462 g/mol. The fraction of sp³-hybridized carbons (Fsp3) is 0.704. The molecule has 2 aliphatic rings. The van der Waals surface area contributed by atoms with Crippen molar-refractivity contribution in [1.82, 2.24) is 15.1 Å². The third kappa shape index (κ3) is 9.56. The molecule has 1 N–H and O–H groups in total. The van der Waals surface area contributed by atoms with Crippen molar-refractivity contribution in [2.45, 2.75) is 65.4 Å². The number of likely N-dealkylation sites (tertiary alicyclic amines) is 2. The van der Waals surface area contributed by atoms with Crippen LogP contribution in [-0.2, 0) is 23.9 Å². The van der Waals surface area contributed by atoms with Crippen molar-refractivity contribution in [2.24, 2.45) is 17.8 Å². The predicted octanol–water partition coefficient (Wildman–Crippen LogP) is 2.75. The van der Waals surface area contributed by atoms with E-state index in [0.29, 0.717) is 39.0 Å². The first kappa shape index (κ1) is 29.2. The normalized spacial score (nSPS) is 21.4. The van der Waals surface area contributed by atoms with Gasteiger partial charge in [0.1, 0.15) is 11.5 Å². The second kappa shape index (κ2) is 13.9. The molecule has 2 heterocycles. The monoisotopic (exact) mass is 503 g/mol. The minimum absolute atomic E-state index is 0.0141. The van der Waals surface area contributed by atoms with Gasteiger partial charge >= 0.3 is 12.1 Å². The van der Waals surface area contributed by atoms with E-state index in [1.165, 1.54) is 0 Å². The number of piperidine rings is 2. The Labute approximate surface area is 214 Å². The van der Waals surface area contributed by atoms with Crippen molar-refractivity contribution in [3.05, 3.63) is 12.2 Å². The van der Waals surface area contributed by atoms with Gasteiger partial charge in [-0.3, -0.25) is 14.4 Å². The molecule has 2 fully saturated rings. The quantitative estimate of drug-likeness (QED) is 0.310. The maximum atomic E-state index is 12.7. The lowest BCUT2D eigenvalue weighted by molar-refractivity contribution is -0.145. The summed E-state index contributed by atoms with van der Waals surface area (Å²) in [6, 6.07) is 0. The van der Waals surface area contributed by atoms with E-state index in [1.54, 1.807) is 22.8 Å². The summed E-state index contributed by atoms with van der Waals surface area (Å²) >= 11 is 0. The number of carbonyl (C=O) groups excluding carboxylic acids is 4. The van der Waals surface area contributed by atoms with Crippen LogP contribution < -0.4 is 5.32 Å². The predicted molar refractivity (Wildman–Crippen MR) is 136 cm³/mol. The van der Waals surface area contributed by atoms with Crippen LogP contribution in [0.2, 0.25) is 0 Å². The molecule has 9 nitrogen and oxygen atoms in total. The van der Waals surface area contributed by atoms with Crippen LogP contribution in [0.25, 0.3) is 0 Å². The molecule has 36 heavy (non-hydrogen) atoms. The lowest BCUT2D eigenvalue weighted by Crippen LogP contribution is -2.46. The second-order valence-corrected chi connectivity index (χ2v) is 10.4. The highest BCUT2D eigenvalue weighted by atomic mass is 16.6. The van der Waals surface area contributed by atoms with Gasteiger partial charge in [0, 0.05) is 32.7 Å². The van der Waals surface area contributed by atoms with Crippen LogP contribution in [0.4, 0.5) is 4.79 Å². The van der Waals surface area contributed by atoms with Crippen molar-refractivity contribution >= 4 is 23.9 Å². The first-order valence-electron chi connectivity index (χ1n) is 12.9. The number of rotatable bonds is 8. The third-order valence-electron chi connectivity index (χ3n) is 6.26. The Hall–Kier alpha value is -3.02. The molecule has 1 unspecified atom stereocenters. The van der Waals surface area contributed by atoms with E-state index in [1.807, 2.05) is 26.8 Å². The van der Waals surface area contributed by atoms with E-state index in [4.69, 9.17) is 15.9 Å². The largest absolute Gasteiger partial charge is 0.465 e. The Morgan fingerprint density at radius 3 is 2.47 bits per heavy atom. The minimum Gasteiger partial charge on any atom is -0.465 e. The molecule has 3 atom stereocenters. The number of carbonyl (C=O) groups is 4. The average Bonchev–Trinajstić information content (AvgIpc) is 2.83. The van der Waals surface area contributed by atoms with Crippen molar-refractivity contribution in [3.63, 3.8) is 0 Å². The minimum atomic E-state index is -0.829. The van der Waals surface area contributed by atoms with Crippen LogP contribution in [0.1, 0.15) is 59.8 Å². The Morgan fingerprint density at radius 1 is 1.11 bits per heavy atom. The second-order valence-electron chi connectivity index (χ2n) is 10.4. The molecule has 0 saturated carbocycles. The van der Waals surface area contributed by atoms with Gasteiger partial charge in [0.15, 0.2) is 0 Å². The fourth-order valence-corrected chi connectivity index (χ4v) is 4.41. The zero-order valence-corrected chi connectivity index (χ0v) is 22.1. The lowest BCUT2D eigenvalue weighted by atomic mass is 9.94. The average molecular weight is 504 g/mol. The SMILES string of the molecule is C#C[C@@H](CNC(=O)[C@@H]1CCCN(C(=O)/C=C/CC2CCCN(C(=O)OC(C)(C)C)C2)C1)C(=O)OCC. The van der Waals surface area contributed by atoms with Gasteiger partial charge in [-0.05, 0) is 71.8 Å². The number of esters is 1. The Kier molecular flexibility index (Phi) is 11.3. The van der Waals surface area contributed by atoms with Gasteiger partial charge in [-0.25, -0.2) is 4.79 Å². The van der Waals surface area contributed by atoms with Gasteiger partial charge in [-0.2, -0.15) is 0 Å². The number of nitrogens with zero attached hydrogens (tertiary/aromatic N) is 2. The van der Waals surface area contributed by atoms with Crippen LogP contribution in [0.3, 0.4) is 0 Å². The summed E-state index contributed by atoms with van der Waals surface area (Å²) in [5.74, 6) is 0.575. The van der Waals surface area contributed by atoms with Crippen LogP contribution in [-0.4, -0.2) is 78.6 Å². The summed E-state index contributed by atoms with van der Waals surface area (Å²) in [4.78, 5) is 53.0. The summed E-state index contributed by atoms with van der Waals surface area (Å²) in [5.41, 5.74) is -0.524. The summed E-state index contributed by atoms with van der Waals surface area (Å²) < 4.78 is 10.4. The zero-order chi connectivity index (χ0) is 26.7. The maximum Gasteiger partial charge on any atom is 0.410 e. The van der Waals surface area contributed by atoms with E-state index < -0.39 is 17.5 Å². The molecule has 2 rings (SSSR count). The zero-order valence-electron chi connectivity index (χ0n) is 22.1. The van der Waals surface area contributed by atoms with Crippen LogP contribution in [0, 0.1) is 30.1 Å². The molecule has 3 amide bonds. The smallest absolute Gasteiger partial charge is 0.410 e. The molecular formula is C27H41N3O6. The third-order valence-corrected chi connectivity index (χ3v) is 6.26. The standard InChI is InChI=1S/C27H41N3O6/c1-6-21(25(33)35-7-2)17-28-24(32)22-13-10-15-29(19-22)23(31)14-8-11-20-12-9-16-30(18-20)26(34)36-27(3,4)5/h1,8,14,20-22H,7,9-13,15-19H2,2-5H3,(H,28,32)/b14-8+/t20?,21-,22+/m0/s1. The molecule has 200 valence electrons. The van der Waals surface area contributed by atoms with Gasteiger partial charge in [0.2, 0.25) is 11.8 Å². The fourth-order valence-electron chi connectivity index (χ4n) is 4.41. The van der Waals surface area contributed by atoms with Crippen molar-refractivity contribution in [3.8, 4) is 12.3 Å². The summed E-state index contributed by atoms with van der Waals surface area (Å²) in [6.07, 6.45) is 12.5. The van der Waals surface area contributed by atoms with Crippen LogP contribution in [0.5, 0.6) is 0 Å². The van der Waals surface area contributed by atoms with E-state index in [2.05, 4.69) is 11.2 Å². The van der Waals surface area contributed by atoms with Crippen molar-refractivity contribution < 1.29 is 28.7 Å². The van der Waals surface area contributed by atoms with E-state index in [9.17, 15) is 19.2 Å². The molecule has 2 aliphatic heterocycles. The number of ether oxygens (including phenoxy) is 2. The van der Waals surface area contributed by atoms with Gasteiger partial charge in [0.25, 0.3) is 0 Å². The number of hydrogen-bond acceptors (Lipinski definition) is 6. The molecule has 0 aromatic heterocycles. The summed E-state index contributed by atoms with van der Waals surface area (Å²) in [6.45, 7) is 9.72. The first-order valence-corrected chi connectivity index (χ1v) is 12.9. The highest BCUT2D eigenvalue weighted by molar-refractivity contribution is 5.88. The molecule has 0 aliphatic carbocycles. The Morgan fingerprint density at radius 2 is 1.81 bits per heavy atom. The number of terminal acetylenes is 1. The van der Waals surface area contributed by atoms with Gasteiger partial charge in [-0.15, -0.1) is 6.42 Å². The number of amides is 3.